The number of hydrogen-bond acceptors (Lipinski definition) is 5. The van der Waals surface area contributed by atoms with Gasteiger partial charge in [-0.3, -0.25) is 9.59 Å². The zero-order valence-electron chi connectivity index (χ0n) is 20.2. The molecular formula is C27H32N4O2S. The molecule has 0 bridgehead atoms. The van der Waals surface area contributed by atoms with Gasteiger partial charge in [-0.2, -0.15) is 0 Å². The fraction of sp³-hybridized carbons (Fsp3) is 0.370. The van der Waals surface area contributed by atoms with Gasteiger partial charge in [0.1, 0.15) is 0 Å². The van der Waals surface area contributed by atoms with E-state index < -0.39 is 0 Å². The molecule has 0 spiro atoms. The van der Waals surface area contributed by atoms with Crippen molar-refractivity contribution in [2.45, 2.75) is 46.6 Å². The molecule has 1 unspecified atom stereocenters. The van der Waals surface area contributed by atoms with Crippen LogP contribution in [0, 0.1) is 5.41 Å². The zero-order chi connectivity index (χ0) is 24.3. The summed E-state index contributed by atoms with van der Waals surface area (Å²) in [6, 6.07) is 17.0. The van der Waals surface area contributed by atoms with Crippen LogP contribution in [0.2, 0.25) is 0 Å². The molecule has 2 aromatic rings. The fourth-order valence-electron chi connectivity index (χ4n) is 4.30. The Bertz CT molecular complexity index is 1130. The first-order valence-electron chi connectivity index (χ1n) is 11.7. The average Bonchev–Trinajstić information content (AvgIpc) is 2.77. The monoisotopic (exact) mass is 476 g/mol. The molecule has 34 heavy (non-hydrogen) atoms. The van der Waals surface area contributed by atoms with E-state index in [0.717, 1.165) is 46.5 Å². The molecule has 4 rings (SSSR count). The van der Waals surface area contributed by atoms with Gasteiger partial charge in [-0.15, -0.1) is 0 Å². The maximum atomic E-state index is 13.5. The number of fused-ring (bicyclic) bond motifs is 1. The number of hydrogen-bond donors (Lipinski definition) is 2. The number of nitrogens with zero attached hydrogens (tertiary/aromatic N) is 2. The highest BCUT2D eigenvalue weighted by atomic mass is 32.2. The molecule has 6 nitrogen and oxygen atoms in total. The maximum absolute atomic E-state index is 13.5. The Morgan fingerprint density at radius 1 is 1.06 bits per heavy atom. The van der Waals surface area contributed by atoms with Crippen molar-refractivity contribution < 1.29 is 9.59 Å². The van der Waals surface area contributed by atoms with Crippen molar-refractivity contribution in [3.05, 3.63) is 71.4 Å². The highest BCUT2D eigenvalue weighted by Gasteiger charge is 2.37. The summed E-state index contributed by atoms with van der Waals surface area (Å²) in [6.45, 7) is 8.87. The van der Waals surface area contributed by atoms with E-state index in [1.807, 2.05) is 82.3 Å². The molecule has 2 amide bonds. The minimum absolute atomic E-state index is 0.0159. The van der Waals surface area contributed by atoms with Gasteiger partial charge in [-0.1, -0.05) is 62.9 Å². The second-order valence-corrected chi connectivity index (χ2v) is 11.0. The number of rotatable bonds is 5. The van der Waals surface area contributed by atoms with E-state index in [-0.39, 0.29) is 23.3 Å². The predicted octanol–water partition coefficient (Wildman–Crippen LogP) is 5.82. The van der Waals surface area contributed by atoms with Crippen LogP contribution in [0.4, 0.5) is 11.4 Å². The lowest BCUT2D eigenvalue weighted by atomic mass is 9.91. The molecule has 2 aliphatic heterocycles. The fourth-order valence-corrected chi connectivity index (χ4v) is 5.32. The molecule has 7 heteroatoms. The van der Waals surface area contributed by atoms with E-state index in [2.05, 4.69) is 15.5 Å². The van der Waals surface area contributed by atoms with Gasteiger partial charge < -0.3 is 15.5 Å². The van der Waals surface area contributed by atoms with Crippen LogP contribution in [-0.4, -0.2) is 34.2 Å². The Balaban J connectivity index is 1.68. The largest absolute Gasteiger partial charge is 0.340 e. The van der Waals surface area contributed by atoms with Crippen LogP contribution < -0.4 is 10.6 Å². The summed E-state index contributed by atoms with van der Waals surface area (Å²) in [5, 5.41) is 7.03. The molecule has 1 fully saturated rings. The van der Waals surface area contributed by atoms with Crippen molar-refractivity contribution in [1.82, 2.24) is 4.90 Å². The number of aliphatic imine (C=N–C) groups is 1. The molecule has 2 N–H and O–H groups in total. The number of anilines is 2. The molecule has 2 heterocycles. The van der Waals surface area contributed by atoms with Crippen molar-refractivity contribution in [2.24, 2.45) is 10.4 Å². The number of amides is 2. The predicted molar refractivity (Wildman–Crippen MR) is 141 cm³/mol. The SMILES string of the molecule is CC1=C(C(=O)Nc2ccccc2)C(c2cccc(NC(=O)CC(C)(C)C)c2)N2CCCSC2=N1. The number of para-hydroxylation sites is 1. The third kappa shape index (κ3) is 5.70. The summed E-state index contributed by atoms with van der Waals surface area (Å²) in [6.07, 6.45) is 1.46. The molecule has 2 aliphatic rings. The van der Waals surface area contributed by atoms with E-state index in [1.54, 1.807) is 11.8 Å². The number of thioether (sulfide) groups is 1. The highest BCUT2D eigenvalue weighted by molar-refractivity contribution is 8.13. The second-order valence-electron chi connectivity index (χ2n) is 9.92. The van der Waals surface area contributed by atoms with Crippen molar-refractivity contribution >= 4 is 40.1 Å². The van der Waals surface area contributed by atoms with Crippen molar-refractivity contribution in [3.63, 3.8) is 0 Å². The van der Waals surface area contributed by atoms with E-state index in [9.17, 15) is 9.59 Å². The van der Waals surface area contributed by atoms with Gasteiger partial charge in [0.05, 0.1) is 17.3 Å². The van der Waals surface area contributed by atoms with Crippen molar-refractivity contribution in [1.29, 1.82) is 0 Å². The van der Waals surface area contributed by atoms with Crippen LogP contribution in [0.1, 0.15) is 52.1 Å². The summed E-state index contributed by atoms with van der Waals surface area (Å²) in [7, 11) is 0. The molecule has 1 saturated heterocycles. The standard InChI is InChI=1S/C27H32N4O2S/c1-18-23(25(33)30-20-11-6-5-7-12-20)24(31-14-9-15-34-26(31)28-18)19-10-8-13-21(16-19)29-22(32)17-27(2,3)4/h5-8,10-13,16,24H,9,14-15,17H2,1-4H3,(H,29,32)(H,30,33). The van der Waals surface area contributed by atoms with Gasteiger partial charge in [0.15, 0.2) is 5.17 Å². The number of amidine groups is 1. The molecule has 1 atom stereocenters. The highest BCUT2D eigenvalue weighted by Crippen LogP contribution is 2.40. The van der Waals surface area contributed by atoms with Gasteiger partial charge in [0.25, 0.3) is 5.91 Å². The number of nitrogens with one attached hydrogen (secondary N) is 2. The maximum Gasteiger partial charge on any atom is 0.255 e. The molecule has 0 aliphatic carbocycles. The van der Waals surface area contributed by atoms with Gasteiger partial charge in [0.2, 0.25) is 5.91 Å². The van der Waals surface area contributed by atoms with Gasteiger partial charge in [0, 0.05) is 30.1 Å². The molecule has 0 saturated carbocycles. The van der Waals surface area contributed by atoms with E-state index in [0.29, 0.717) is 12.0 Å². The van der Waals surface area contributed by atoms with Crippen LogP contribution >= 0.6 is 11.8 Å². The number of carbonyl (C=O) groups is 2. The van der Waals surface area contributed by atoms with Crippen LogP contribution in [0.5, 0.6) is 0 Å². The smallest absolute Gasteiger partial charge is 0.255 e. The minimum atomic E-state index is -0.275. The topological polar surface area (TPSA) is 73.8 Å². The zero-order valence-corrected chi connectivity index (χ0v) is 21.0. The minimum Gasteiger partial charge on any atom is -0.340 e. The Morgan fingerprint density at radius 2 is 1.79 bits per heavy atom. The third-order valence-corrected chi connectivity index (χ3v) is 6.79. The van der Waals surface area contributed by atoms with Crippen LogP contribution in [-0.2, 0) is 9.59 Å². The van der Waals surface area contributed by atoms with Crippen LogP contribution in [0.15, 0.2) is 70.9 Å². The lowest BCUT2D eigenvalue weighted by molar-refractivity contribution is -0.118. The Labute approximate surface area is 205 Å². The lowest BCUT2D eigenvalue weighted by Crippen LogP contribution is -2.43. The van der Waals surface area contributed by atoms with Crippen molar-refractivity contribution in [3.8, 4) is 0 Å². The molecular weight excluding hydrogens is 444 g/mol. The van der Waals surface area contributed by atoms with Gasteiger partial charge >= 0.3 is 0 Å². The first kappa shape index (κ1) is 24.1. The molecule has 0 aromatic heterocycles. The van der Waals surface area contributed by atoms with Gasteiger partial charge in [-0.05, 0) is 48.6 Å². The summed E-state index contributed by atoms with van der Waals surface area (Å²) in [4.78, 5) is 33.1. The Kier molecular flexibility index (Phi) is 7.12. The molecule has 2 aromatic carbocycles. The third-order valence-electron chi connectivity index (χ3n) is 5.71. The summed E-state index contributed by atoms with van der Waals surface area (Å²) in [5.41, 5.74) is 3.71. The Hall–Kier alpha value is -3.06. The quantitative estimate of drug-likeness (QED) is 0.570. The van der Waals surface area contributed by atoms with E-state index in [1.165, 1.54) is 0 Å². The van der Waals surface area contributed by atoms with Crippen LogP contribution in [0.25, 0.3) is 0 Å². The first-order chi connectivity index (χ1) is 16.2. The number of carbonyl (C=O) groups excluding carboxylic acids is 2. The molecule has 0 radical (unpaired) electrons. The normalized spacial score (nSPS) is 18.2. The summed E-state index contributed by atoms with van der Waals surface area (Å²) in [5.74, 6) is 0.844. The summed E-state index contributed by atoms with van der Waals surface area (Å²) < 4.78 is 0. The number of allylic oxidation sites excluding steroid dienone is 1. The lowest BCUT2D eigenvalue weighted by Gasteiger charge is -2.41. The molecule has 178 valence electrons. The van der Waals surface area contributed by atoms with E-state index in [4.69, 9.17) is 4.99 Å². The average molecular weight is 477 g/mol. The van der Waals surface area contributed by atoms with Crippen molar-refractivity contribution in [2.75, 3.05) is 22.9 Å². The number of benzene rings is 2. The summed E-state index contributed by atoms with van der Waals surface area (Å²) >= 11 is 1.73. The Morgan fingerprint density at radius 3 is 2.53 bits per heavy atom. The van der Waals surface area contributed by atoms with E-state index >= 15 is 0 Å². The second kappa shape index (κ2) is 10.1. The van der Waals surface area contributed by atoms with Gasteiger partial charge in [-0.25, -0.2) is 4.99 Å². The first-order valence-corrected chi connectivity index (χ1v) is 12.6. The van der Waals surface area contributed by atoms with Crippen LogP contribution in [0.3, 0.4) is 0 Å².